The average Bonchev–Trinajstić information content (AvgIpc) is 4.16. The van der Waals surface area contributed by atoms with Gasteiger partial charge >= 0.3 is 0 Å². The Hall–Kier alpha value is -6.74. The van der Waals surface area contributed by atoms with Crippen molar-refractivity contribution in [2.45, 2.75) is 104 Å². The van der Waals surface area contributed by atoms with Gasteiger partial charge in [0.15, 0.2) is 11.6 Å². The molecule has 5 N–H and O–H groups in total. The molecule has 0 atom stereocenters. The van der Waals surface area contributed by atoms with E-state index in [1.54, 1.807) is 53.7 Å². The number of aromatic hydroxyl groups is 2. The summed E-state index contributed by atoms with van der Waals surface area (Å²) in [5.41, 5.74) is 11.3. The Labute approximate surface area is 381 Å². The summed E-state index contributed by atoms with van der Waals surface area (Å²) in [5.74, 6) is 2.25. The molecule has 2 amide bonds. The highest BCUT2D eigenvalue weighted by molar-refractivity contribution is 5.92. The van der Waals surface area contributed by atoms with Crippen molar-refractivity contribution in [1.82, 2.24) is 39.7 Å². The highest BCUT2D eigenvalue weighted by atomic mass is 16.5. The Morgan fingerprint density at radius 1 is 0.738 bits per heavy atom. The van der Waals surface area contributed by atoms with Crippen molar-refractivity contribution in [1.29, 1.82) is 0 Å². The van der Waals surface area contributed by atoms with Crippen molar-refractivity contribution in [3.8, 4) is 57.1 Å². The molecule has 65 heavy (non-hydrogen) atoms. The number of nitrogens with one attached hydrogen (secondary N) is 1. The maximum absolute atomic E-state index is 13.0. The number of phenols is 2. The largest absolute Gasteiger partial charge is 0.508 e. The second kappa shape index (κ2) is 21.8. The molecule has 1 aliphatic carbocycles. The van der Waals surface area contributed by atoms with Gasteiger partial charge in [-0.05, 0) is 142 Å². The molecular formula is C50H63N9O6. The second-order valence-corrected chi connectivity index (χ2v) is 16.7. The van der Waals surface area contributed by atoms with E-state index in [2.05, 4.69) is 56.6 Å². The molecule has 0 bridgehead atoms. The van der Waals surface area contributed by atoms with Crippen molar-refractivity contribution >= 4 is 11.8 Å². The number of nitrogens with two attached hydrogens (primary N) is 1. The zero-order valence-electron chi connectivity index (χ0n) is 38.8. The molecule has 1 aliphatic heterocycles. The number of hydrogen-bond donors (Lipinski definition) is 4. The smallest absolute Gasteiger partial charge is 0.289 e. The van der Waals surface area contributed by atoms with Crippen LogP contribution in [-0.2, 0) is 6.54 Å². The van der Waals surface area contributed by atoms with Crippen molar-refractivity contribution in [2.24, 2.45) is 5.73 Å². The Kier molecular flexibility index (Phi) is 16.0. The molecule has 344 valence electrons. The quantitative estimate of drug-likeness (QED) is 0.0865. The predicted octanol–water partition coefficient (Wildman–Crippen LogP) is 8.94. The van der Waals surface area contributed by atoms with Gasteiger partial charge in [-0.15, -0.1) is 20.4 Å². The number of primary amides is 1. The topological polar surface area (TPSA) is 196 Å². The number of likely N-dealkylation sites (tertiary alicyclic amines) is 1. The number of amides is 2. The van der Waals surface area contributed by atoms with Crippen LogP contribution in [0.15, 0.2) is 78.9 Å². The first-order valence-electron chi connectivity index (χ1n) is 22.6. The van der Waals surface area contributed by atoms with Gasteiger partial charge in [0.25, 0.3) is 11.8 Å². The minimum Gasteiger partial charge on any atom is -0.508 e. The molecule has 2 fully saturated rings. The van der Waals surface area contributed by atoms with Crippen molar-refractivity contribution < 1.29 is 29.3 Å². The van der Waals surface area contributed by atoms with Gasteiger partial charge in [-0.25, -0.2) is 0 Å². The molecule has 15 nitrogen and oxygen atoms in total. The number of phenolic OH excluding ortho intramolecular Hbond substituents is 2. The van der Waals surface area contributed by atoms with Crippen LogP contribution in [0.5, 0.6) is 23.0 Å². The highest BCUT2D eigenvalue weighted by Gasteiger charge is 2.27. The van der Waals surface area contributed by atoms with Crippen LogP contribution in [0.2, 0.25) is 0 Å². The van der Waals surface area contributed by atoms with Gasteiger partial charge in [0.1, 0.15) is 23.0 Å². The minimum absolute atomic E-state index is 0.0152. The standard InChI is InChI=1S/C27H35N5O3.C21H22N4O3.C2H6/c1-17(2)21-14-22(23(33)15-24(21)35-5)25-29-30-26(27(34)28-18(3)4)32(25)20-10-8-19(9-11-20)16-31-12-6-7-13-31;1-28-16-9-7-15(8-10-16)25-20(23-24-21(25)19(22)27)14-6-11-18(26)17(12-14)13-4-2-3-5-13;1-2/h8-11,14-15,17-18,33H,6-7,12-13,16H2,1-5H3,(H,28,34);6-13,26H,2-5H2,1H3,(H2,22,27);1-2H3. The molecule has 2 aromatic heterocycles. The summed E-state index contributed by atoms with van der Waals surface area (Å²) >= 11 is 0. The molecule has 4 aromatic carbocycles. The maximum atomic E-state index is 13.0. The number of rotatable bonds is 13. The maximum Gasteiger partial charge on any atom is 0.289 e. The summed E-state index contributed by atoms with van der Waals surface area (Å²) in [5, 5.41) is 41.0. The van der Waals surface area contributed by atoms with E-state index in [9.17, 15) is 19.8 Å². The van der Waals surface area contributed by atoms with Crippen LogP contribution in [0.1, 0.15) is 130 Å². The van der Waals surface area contributed by atoms with Gasteiger partial charge in [-0.1, -0.05) is 52.7 Å². The summed E-state index contributed by atoms with van der Waals surface area (Å²) in [6.45, 7) is 15.1. The van der Waals surface area contributed by atoms with E-state index in [0.29, 0.717) is 46.1 Å². The number of nitrogens with zero attached hydrogens (tertiary/aromatic N) is 7. The van der Waals surface area contributed by atoms with E-state index in [-0.39, 0.29) is 35.3 Å². The number of aromatic nitrogens is 6. The molecule has 0 spiro atoms. The van der Waals surface area contributed by atoms with E-state index in [1.165, 1.54) is 31.2 Å². The molecule has 8 rings (SSSR count). The lowest BCUT2D eigenvalue weighted by molar-refractivity contribution is 0.0929. The zero-order valence-corrected chi connectivity index (χ0v) is 38.8. The fraction of sp³-hybridized carbons (Fsp3) is 0.400. The summed E-state index contributed by atoms with van der Waals surface area (Å²) in [6, 6.07) is 24.2. The number of carbonyl (C=O) groups is 2. The summed E-state index contributed by atoms with van der Waals surface area (Å²) in [7, 11) is 3.18. The number of benzene rings is 4. The molecular weight excluding hydrogens is 823 g/mol. The minimum atomic E-state index is -0.663. The Balaban J connectivity index is 0.000000212. The van der Waals surface area contributed by atoms with E-state index >= 15 is 0 Å². The van der Waals surface area contributed by atoms with Crippen LogP contribution in [0, 0.1) is 0 Å². The van der Waals surface area contributed by atoms with E-state index in [1.807, 2.05) is 64.1 Å². The van der Waals surface area contributed by atoms with Gasteiger partial charge in [0, 0.05) is 35.6 Å². The van der Waals surface area contributed by atoms with E-state index in [4.69, 9.17) is 15.2 Å². The first-order chi connectivity index (χ1) is 31.4. The monoisotopic (exact) mass is 885 g/mol. The normalized spacial score (nSPS) is 13.9. The number of carbonyl (C=O) groups excluding carboxylic acids is 2. The first-order valence-corrected chi connectivity index (χ1v) is 22.6. The first kappa shape index (κ1) is 47.7. The van der Waals surface area contributed by atoms with Crippen LogP contribution in [-0.4, -0.2) is 89.8 Å². The Morgan fingerprint density at radius 2 is 1.34 bits per heavy atom. The molecule has 2 aliphatic rings. The lowest BCUT2D eigenvalue weighted by Crippen LogP contribution is -2.32. The zero-order chi connectivity index (χ0) is 46.8. The molecule has 1 saturated heterocycles. The SMILES string of the molecule is CC.COc1cc(O)c(-c2nnc(C(=O)NC(C)C)n2-c2ccc(CN3CCCC3)cc2)cc1C(C)C.COc1ccc(-n2c(C(N)=O)nnc2-c2ccc(O)c(C3CCCC3)c2)cc1. The molecule has 15 heteroatoms. The number of ether oxygens (including phenoxy) is 2. The van der Waals surface area contributed by atoms with Crippen molar-refractivity contribution in [3.05, 3.63) is 107 Å². The molecule has 0 unspecified atom stereocenters. The van der Waals surface area contributed by atoms with E-state index in [0.717, 1.165) is 54.9 Å². The third-order valence-corrected chi connectivity index (χ3v) is 11.6. The molecule has 3 heterocycles. The van der Waals surface area contributed by atoms with E-state index < -0.39 is 5.91 Å². The molecule has 1 saturated carbocycles. The fourth-order valence-corrected chi connectivity index (χ4v) is 8.38. The van der Waals surface area contributed by atoms with Gasteiger partial charge in [0.2, 0.25) is 11.6 Å². The summed E-state index contributed by atoms with van der Waals surface area (Å²) in [6.07, 6.45) is 6.97. The predicted molar refractivity (Wildman–Crippen MR) is 252 cm³/mol. The summed E-state index contributed by atoms with van der Waals surface area (Å²) in [4.78, 5) is 27.4. The van der Waals surface area contributed by atoms with Gasteiger partial charge in [-0.3, -0.25) is 23.6 Å². The fourth-order valence-electron chi connectivity index (χ4n) is 8.38. The van der Waals surface area contributed by atoms with Crippen LogP contribution >= 0.6 is 0 Å². The van der Waals surface area contributed by atoms with Gasteiger partial charge < -0.3 is 30.7 Å². The number of methoxy groups -OCH3 is 2. The Bertz CT molecular complexity index is 2540. The number of hydrogen-bond acceptors (Lipinski definition) is 11. The lowest BCUT2D eigenvalue weighted by Gasteiger charge is -2.17. The van der Waals surface area contributed by atoms with Crippen LogP contribution in [0.25, 0.3) is 34.2 Å². The third kappa shape index (κ3) is 11.0. The van der Waals surface area contributed by atoms with Crippen LogP contribution < -0.4 is 20.5 Å². The highest BCUT2D eigenvalue weighted by Crippen LogP contribution is 2.41. The van der Waals surface area contributed by atoms with Crippen LogP contribution in [0.4, 0.5) is 0 Å². The van der Waals surface area contributed by atoms with Crippen molar-refractivity contribution in [3.63, 3.8) is 0 Å². The van der Waals surface area contributed by atoms with Gasteiger partial charge in [-0.2, -0.15) is 0 Å². The van der Waals surface area contributed by atoms with Gasteiger partial charge in [0.05, 0.1) is 19.8 Å². The van der Waals surface area contributed by atoms with Crippen LogP contribution in [0.3, 0.4) is 0 Å². The molecule has 6 aromatic rings. The Morgan fingerprint density at radius 3 is 1.92 bits per heavy atom. The second-order valence-electron chi connectivity index (χ2n) is 16.7. The third-order valence-electron chi connectivity index (χ3n) is 11.6. The van der Waals surface area contributed by atoms with Crippen molar-refractivity contribution in [2.75, 3.05) is 27.3 Å². The molecule has 0 radical (unpaired) electrons. The lowest BCUT2D eigenvalue weighted by atomic mass is 9.94. The summed E-state index contributed by atoms with van der Waals surface area (Å²) < 4.78 is 14.0. The average molecular weight is 886 g/mol.